The summed E-state index contributed by atoms with van der Waals surface area (Å²) in [6.45, 7) is 6.27. The van der Waals surface area contributed by atoms with Gasteiger partial charge in [-0.05, 0) is 26.0 Å². The predicted molar refractivity (Wildman–Crippen MR) is 74.3 cm³/mol. The van der Waals surface area contributed by atoms with Gasteiger partial charge in [0.2, 0.25) is 0 Å². The number of rotatable bonds is 2. The minimum absolute atomic E-state index is 0.296. The van der Waals surface area contributed by atoms with Crippen molar-refractivity contribution in [1.82, 2.24) is 0 Å². The Labute approximate surface area is 107 Å². The Morgan fingerprint density at radius 3 is 1.94 bits per heavy atom. The first-order chi connectivity index (χ1) is 8.38. The average Bonchev–Trinajstić information content (AvgIpc) is 2.27. The summed E-state index contributed by atoms with van der Waals surface area (Å²) in [6.07, 6.45) is -0.296. The van der Waals surface area contributed by atoms with E-state index < -0.39 is 7.68 Å². The molecule has 1 unspecified atom stereocenters. The summed E-state index contributed by atoms with van der Waals surface area (Å²) in [5.41, 5.74) is 2.43. The van der Waals surface area contributed by atoms with Crippen LogP contribution < -0.4 is 10.6 Å². The van der Waals surface area contributed by atoms with E-state index in [0.717, 1.165) is 19.8 Å². The van der Waals surface area contributed by atoms with Gasteiger partial charge in [-0.1, -0.05) is 12.1 Å². The van der Waals surface area contributed by atoms with Gasteiger partial charge in [0.25, 0.3) is 0 Å². The Kier molecular flexibility index (Phi) is 5.63. The quantitative estimate of drug-likeness (QED) is 0.807. The fraction of sp³-hybridized carbons (Fsp3) is 0.500. The smallest absolute Gasteiger partial charge is 0.364 e. The second kappa shape index (κ2) is 6.76. The summed E-state index contributed by atoms with van der Waals surface area (Å²) in [4.78, 5) is 0. The fourth-order valence-corrected chi connectivity index (χ4v) is 2.32. The molecule has 1 aliphatic rings. The van der Waals surface area contributed by atoms with Crippen LogP contribution in [-0.4, -0.2) is 25.9 Å². The number of anilines is 2. The van der Waals surface area contributed by atoms with Gasteiger partial charge in [0.05, 0.1) is 17.5 Å². The van der Waals surface area contributed by atoms with Crippen molar-refractivity contribution in [2.75, 3.05) is 30.4 Å². The second-order valence-electron chi connectivity index (χ2n) is 4.30. The number of hydrogen-bond donors (Lipinski definition) is 2. The number of halogens is 1. The van der Waals surface area contributed by atoms with E-state index in [-0.39, 0.29) is 6.10 Å². The first-order valence-electron chi connectivity index (χ1n) is 5.91. The molecule has 1 heterocycles. The minimum Gasteiger partial charge on any atom is -0.382 e. The molecule has 0 radical (unpaired) electrons. The molecule has 2 rings (SSSR count). The highest BCUT2D eigenvalue weighted by Crippen LogP contribution is 2.45. The summed E-state index contributed by atoms with van der Waals surface area (Å²) in [5.74, 6) is 0. The third-order valence-corrected chi connectivity index (χ3v) is 2.88. The third kappa shape index (κ3) is 6.03. The molecule has 2 N–H and O–H groups in total. The average molecular weight is 274 g/mol. The van der Waals surface area contributed by atoms with Crippen LogP contribution in [0.3, 0.4) is 0 Å². The molecule has 0 aromatic heterocycles. The highest BCUT2D eigenvalue weighted by molar-refractivity contribution is 7.52. The van der Waals surface area contributed by atoms with Crippen LogP contribution in [0, 0.1) is 0 Å². The standard InChI is InChI=1S/C8H10N2.C4H10FO2P/c1-2-4-8-7(3-1)9-5-6-10-8;1-4(2)7-8(3,5)6/h1-4,9-10H,5-6H2;4H,1-3H3. The number of para-hydroxylation sites is 2. The van der Waals surface area contributed by atoms with Crippen LogP contribution in [0.25, 0.3) is 0 Å². The van der Waals surface area contributed by atoms with E-state index in [9.17, 15) is 8.76 Å². The number of benzene rings is 1. The van der Waals surface area contributed by atoms with E-state index in [0.29, 0.717) is 0 Å². The van der Waals surface area contributed by atoms with Crippen LogP contribution in [0.5, 0.6) is 0 Å². The van der Waals surface area contributed by atoms with Crippen LogP contribution in [0.15, 0.2) is 24.3 Å². The van der Waals surface area contributed by atoms with Crippen LogP contribution >= 0.6 is 7.68 Å². The summed E-state index contributed by atoms with van der Waals surface area (Å²) in [7, 11) is -3.72. The van der Waals surface area contributed by atoms with Crippen molar-refractivity contribution in [2.24, 2.45) is 0 Å². The van der Waals surface area contributed by atoms with E-state index in [1.54, 1.807) is 13.8 Å². The van der Waals surface area contributed by atoms with Crippen molar-refractivity contribution in [3.63, 3.8) is 0 Å². The van der Waals surface area contributed by atoms with Crippen molar-refractivity contribution >= 4 is 19.1 Å². The van der Waals surface area contributed by atoms with Gasteiger partial charge < -0.3 is 15.2 Å². The van der Waals surface area contributed by atoms with E-state index in [4.69, 9.17) is 0 Å². The maximum Gasteiger partial charge on any atom is 0.364 e. The molecule has 0 spiro atoms. The van der Waals surface area contributed by atoms with E-state index in [1.807, 2.05) is 12.1 Å². The van der Waals surface area contributed by atoms with Gasteiger partial charge in [0.15, 0.2) is 0 Å². The zero-order chi connectivity index (χ0) is 13.6. The lowest BCUT2D eigenvalue weighted by Crippen LogP contribution is -2.19. The molecule has 4 nitrogen and oxygen atoms in total. The van der Waals surface area contributed by atoms with Crippen LogP contribution in [0.4, 0.5) is 15.6 Å². The number of nitrogens with one attached hydrogen (secondary N) is 2. The van der Waals surface area contributed by atoms with Crippen molar-refractivity contribution < 1.29 is 13.3 Å². The molecule has 18 heavy (non-hydrogen) atoms. The summed E-state index contributed by atoms with van der Waals surface area (Å²) in [6, 6.07) is 8.25. The Bertz CT molecular complexity index is 395. The first kappa shape index (κ1) is 15.0. The monoisotopic (exact) mass is 274 g/mol. The summed E-state index contributed by atoms with van der Waals surface area (Å²) in [5, 5.41) is 6.60. The van der Waals surface area contributed by atoms with E-state index in [1.165, 1.54) is 11.4 Å². The Hall–Kier alpha value is -1.06. The molecule has 1 atom stereocenters. The lowest BCUT2D eigenvalue weighted by atomic mass is 10.2. The molecule has 0 amide bonds. The van der Waals surface area contributed by atoms with Crippen molar-refractivity contribution in [3.05, 3.63) is 24.3 Å². The van der Waals surface area contributed by atoms with Gasteiger partial charge in [-0.15, -0.1) is 0 Å². The third-order valence-electron chi connectivity index (χ3n) is 2.08. The molecule has 102 valence electrons. The van der Waals surface area contributed by atoms with Crippen molar-refractivity contribution in [2.45, 2.75) is 20.0 Å². The van der Waals surface area contributed by atoms with Crippen molar-refractivity contribution in [1.29, 1.82) is 0 Å². The lowest BCUT2D eigenvalue weighted by molar-refractivity contribution is 0.227. The largest absolute Gasteiger partial charge is 0.382 e. The van der Waals surface area contributed by atoms with Gasteiger partial charge in [0, 0.05) is 19.8 Å². The molecule has 0 saturated heterocycles. The molecular weight excluding hydrogens is 254 g/mol. The molecule has 0 bridgehead atoms. The summed E-state index contributed by atoms with van der Waals surface area (Å²) >= 11 is 0. The highest BCUT2D eigenvalue weighted by atomic mass is 31.2. The van der Waals surface area contributed by atoms with Crippen LogP contribution in [-0.2, 0) is 9.09 Å². The maximum atomic E-state index is 12.0. The highest BCUT2D eigenvalue weighted by Gasteiger charge is 2.13. The zero-order valence-corrected chi connectivity index (χ0v) is 11.8. The second-order valence-corrected chi connectivity index (χ2v) is 6.00. The molecule has 1 aliphatic heterocycles. The Balaban J connectivity index is 0.000000187. The molecule has 0 fully saturated rings. The van der Waals surface area contributed by atoms with Crippen LogP contribution in [0.1, 0.15) is 13.8 Å². The first-order valence-corrected chi connectivity index (χ1v) is 7.87. The normalized spacial score (nSPS) is 16.5. The SMILES string of the molecule is CC(C)OP(C)(=O)F.c1ccc2c(c1)NCCN2. The fourth-order valence-electron chi connectivity index (χ4n) is 1.56. The van der Waals surface area contributed by atoms with Gasteiger partial charge >= 0.3 is 7.68 Å². The Morgan fingerprint density at radius 1 is 1.22 bits per heavy atom. The van der Waals surface area contributed by atoms with E-state index in [2.05, 4.69) is 27.3 Å². The molecular formula is C12H20FN2O2P. The molecule has 0 aliphatic carbocycles. The lowest BCUT2D eigenvalue weighted by Gasteiger charge is -2.18. The van der Waals surface area contributed by atoms with E-state index >= 15 is 0 Å². The van der Waals surface area contributed by atoms with Crippen molar-refractivity contribution in [3.8, 4) is 0 Å². The number of fused-ring (bicyclic) bond motifs is 1. The summed E-state index contributed by atoms with van der Waals surface area (Å²) < 4.78 is 26.4. The van der Waals surface area contributed by atoms with Gasteiger partial charge in [0.1, 0.15) is 0 Å². The molecule has 1 aromatic rings. The minimum atomic E-state index is -3.72. The van der Waals surface area contributed by atoms with Gasteiger partial charge in [-0.3, -0.25) is 4.57 Å². The zero-order valence-electron chi connectivity index (χ0n) is 10.9. The van der Waals surface area contributed by atoms with Crippen LogP contribution in [0.2, 0.25) is 0 Å². The topological polar surface area (TPSA) is 50.4 Å². The predicted octanol–water partition coefficient (Wildman–Crippen LogP) is 3.73. The molecule has 0 saturated carbocycles. The van der Waals surface area contributed by atoms with Gasteiger partial charge in [-0.2, -0.15) is 4.20 Å². The number of hydrogen-bond acceptors (Lipinski definition) is 4. The molecule has 1 aromatic carbocycles. The maximum absolute atomic E-state index is 12.0. The molecule has 6 heteroatoms. The van der Waals surface area contributed by atoms with Gasteiger partial charge in [-0.25, -0.2) is 0 Å². The Morgan fingerprint density at radius 2 is 1.67 bits per heavy atom.